The van der Waals surface area contributed by atoms with Crippen molar-refractivity contribution < 1.29 is 9.05 Å². The van der Waals surface area contributed by atoms with Gasteiger partial charge < -0.3 is 0 Å². The Balaban J connectivity index is 1.70. The molecular formula is C16H17NO2P+. The molecule has 0 saturated carbocycles. The van der Waals surface area contributed by atoms with Crippen LogP contribution in [0.2, 0.25) is 0 Å². The van der Waals surface area contributed by atoms with Gasteiger partial charge in [-0.15, -0.1) is 4.67 Å². The summed E-state index contributed by atoms with van der Waals surface area (Å²) < 4.78 is 15.0. The van der Waals surface area contributed by atoms with E-state index in [0.29, 0.717) is 0 Å². The molecular weight excluding hydrogens is 269 g/mol. The molecule has 0 aliphatic carbocycles. The number of fused-ring (bicyclic) bond motifs is 1. The second-order valence-electron chi connectivity index (χ2n) is 5.11. The van der Waals surface area contributed by atoms with E-state index in [0.717, 1.165) is 19.7 Å². The van der Waals surface area contributed by atoms with Gasteiger partial charge in [0.2, 0.25) is 0 Å². The first kappa shape index (κ1) is 12.5. The molecule has 102 valence electrons. The molecule has 2 unspecified atom stereocenters. The molecule has 2 aromatic carbocycles. The summed E-state index contributed by atoms with van der Waals surface area (Å²) in [5, 5.41) is 1.19. The predicted octanol–water partition coefficient (Wildman–Crippen LogP) is 3.18. The second-order valence-corrected chi connectivity index (χ2v) is 7.70. The Labute approximate surface area is 119 Å². The van der Waals surface area contributed by atoms with Crippen molar-refractivity contribution in [2.75, 3.05) is 19.7 Å². The molecule has 4 heteroatoms. The first-order chi connectivity index (χ1) is 9.88. The predicted molar refractivity (Wildman–Crippen MR) is 80.8 cm³/mol. The molecule has 0 aromatic heterocycles. The summed E-state index contributed by atoms with van der Waals surface area (Å²) in [4.78, 5) is 0. The van der Waals surface area contributed by atoms with Gasteiger partial charge in [0.05, 0.1) is 13.1 Å². The first-order valence-electron chi connectivity index (χ1n) is 6.96. The summed E-state index contributed by atoms with van der Waals surface area (Å²) in [5.74, 6) is 0. The fraction of sp³-hybridized carbons (Fsp3) is 0.250. The van der Waals surface area contributed by atoms with Crippen molar-refractivity contribution >= 4 is 13.2 Å². The summed E-state index contributed by atoms with van der Waals surface area (Å²) in [5.41, 5.74) is 1.24. The van der Waals surface area contributed by atoms with E-state index < -0.39 is 7.87 Å². The van der Waals surface area contributed by atoms with Crippen LogP contribution in [-0.2, 0) is 9.05 Å². The molecule has 2 fully saturated rings. The van der Waals surface area contributed by atoms with Gasteiger partial charge in [0.1, 0.15) is 12.7 Å². The van der Waals surface area contributed by atoms with Gasteiger partial charge in [0.25, 0.3) is 0 Å². The molecule has 0 spiro atoms. The minimum absolute atomic E-state index is 0.116. The molecule has 2 aliphatic heterocycles. The second kappa shape index (κ2) is 4.94. The third kappa shape index (κ3) is 1.90. The van der Waals surface area contributed by atoms with Crippen molar-refractivity contribution in [2.45, 2.75) is 6.10 Å². The highest BCUT2D eigenvalue weighted by molar-refractivity contribution is 7.72. The Morgan fingerprint density at radius 2 is 1.65 bits per heavy atom. The number of hydrogen-bond donors (Lipinski definition) is 0. The summed E-state index contributed by atoms with van der Waals surface area (Å²) >= 11 is 0. The Hall–Kier alpha value is -1.25. The van der Waals surface area contributed by atoms with Crippen LogP contribution in [0.4, 0.5) is 0 Å². The lowest BCUT2D eigenvalue weighted by molar-refractivity contribution is 0.206. The molecule has 2 heterocycles. The van der Waals surface area contributed by atoms with Gasteiger partial charge in [0, 0.05) is 0 Å². The van der Waals surface area contributed by atoms with Crippen molar-refractivity contribution in [1.82, 2.24) is 4.67 Å². The average Bonchev–Trinajstić information content (AvgIpc) is 3.07. The third-order valence-electron chi connectivity index (χ3n) is 3.89. The highest BCUT2D eigenvalue weighted by atomic mass is 31.2. The van der Waals surface area contributed by atoms with Gasteiger partial charge in [-0.25, -0.2) is 0 Å². The van der Waals surface area contributed by atoms with E-state index in [-0.39, 0.29) is 6.10 Å². The van der Waals surface area contributed by atoms with Crippen LogP contribution in [0.5, 0.6) is 0 Å². The minimum atomic E-state index is -2.05. The standard InChI is InChI=1S/C16H17NO2P/c1-3-7-14(8-4-1)16-13-17-11-12-18-20(17,19-16)15-9-5-2-6-10-15/h1-10,16H,11-13H2/q+1. The Bertz CT molecular complexity index is 592. The molecule has 20 heavy (non-hydrogen) atoms. The lowest BCUT2D eigenvalue weighted by atomic mass is 10.1. The summed E-state index contributed by atoms with van der Waals surface area (Å²) in [6, 6.07) is 20.8. The number of benzene rings is 2. The molecule has 4 rings (SSSR count). The van der Waals surface area contributed by atoms with E-state index in [9.17, 15) is 0 Å². The van der Waals surface area contributed by atoms with Crippen LogP contribution < -0.4 is 5.30 Å². The SMILES string of the molecule is c1ccc(C2CN3CCO[P+]3(c3ccccc3)O2)cc1. The van der Waals surface area contributed by atoms with Crippen LogP contribution in [-0.4, -0.2) is 24.4 Å². The largest absolute Gasteiger partial charge is 0.384 e. The molecule has 2 aromatic rings. The molecule has 0 amide bonds. The molecule has 0 N–H and O–H groups in total. The van der Waals surface area contributed by atoms with E-state index in [4.69, 9.17) is 9.05 Å². The van der Waals surface area contributed by atoms with Crippen LogP contribution in [0, 0.1) is 0 Å². The summed E-state index contributed by atoms with van der Waals surface area (Å²) in [6.45, 7) is 2.66. The Kier molecular flexibility index (Phi) is 3.08. The van der Waals surface area contributed by atoms with Gasteiger partial charge >= 0.3 is 7.87 Å². The van der Waals surface area contributed by atoms with Crippen LogP contribution in [0.1, 0.15) is 11.7 Å². The first-order valence-corrected chi connectivity index (χ1v) is 8.54. The number of nitrogens with zero attached hydrogens (tertiary/aromatic N) is 1. The van der Waals surface area contributed by atoms with Crippen LogP contribution in [0.25, 0.3) is 0 Å². The van der Waals surface area contributed by atoms with Gasteiger partial charge in [-0.1, -0.05) is 48.5 Å². The summed E-state index contributed by atoms with van der Waals surface area (Å²) in [7, 11) is -2.05. The molecule has 0 radical (unpaired) electrons. The van der Waals surface area contributed by atoms with Gasteiger partial charge in [-0.3, -0.25) is 0 Å². The topological polar surface area (TPSA) is 21.7 Å². The maximum absolute atomic E-state index is 6.46. The van der Waals surface area contributed by atoms with E-state index in [1.165, 1.54) is 10.9 Å². The lowest BCUT2D eigenvalue weighted by Gasteiger charge is -2.17. The molecule has 2 atom stereocenters. The summed E-state index contributed by atoms with van der Waals surface area (Å²) in [6.07, 6.45) is 0.116. The molecule has 0 bridgehead atoms. The van der Waals surface area contributed by atoms with E-state index in [1.807, 2.05) is 12.1 Å². The zero-order chi connectivity index (χ0) is 13.4. The third-order valence-corrected chi connectivity index (χ3v) is 7.02. The van der Waals surface area contributed by atoms with Crippen molar-refractivity contribution in [3.05, 3.63) is 66.2 Å². The van der Waals surface area contributed by atoms with Crippen molar-refractivity contribution in [3.63, 3.8) is 0 Å². The van der Waals surface area contributed by atoms with Crippen LogP contribution >= 0.6 is 7.87 Å². The molecule has 2 saturated heterocycles. The lowest BCUT2D eigenvalue weighted by Crippen LogP contribution is -2.21. The Morgan fingerprint density at radius 3 is 2.40 bits per heavy atom. The zero-order valence-electron chi connectivity index (χ0n) is 11.2. The van der Waals surface area contributed by atoms with E-state index in [1.54, 1.807) is 0 Å². The van der Waals surface area contributed by atoms with Crippen molar-refractivity contribution in [3.8, 4) is 0 Å². The Morgan fingerprint density at radius 1 is 0.950 bits per heavy atom. The van der Waals surface area contributed by atoms with Crippen LogP contribution in [0.3, 0.4) is 0 Å². The number of rotatable bonds is 2. The highest BCUT2D eigenvalue weighted by Gasteiger charge is 2.63. The van der Waals surface area contributed by atoms with E-state index in [2.05, 4.69) is 53.2 Å². The maximum atomic E-state index is 6.46. The van der Waals surface area contributed by atoms with Crippen molar-refractivity contribution in [1.29, 1.82) is 0 Å². The molecule has 3 nitrogen and oxygen atoms in total. The quantitative estimate of drug-likeness (QED) is 0.791. The average molecular weight is 286 g/mol. The highest BCUT2D eigenvalue weighted by Crippen LogP contribution is 2.71. The van der Waals surface area contributed by atoms with Gasteiger partial charge in [-0.05, 0) is 17.7 Å². The fourth-order valence-corrected chi connectivity index (χ4v) is 6.00. The smallest absolute Gasteiger partial charge is 0.181 e. The number of hydrogen-bond acceptors (Lipinski definition) is 3. The maximum Gasteiger partial charge on any atom is 0.384 e. The van der Waals surface area contributed by atoms with Gasteiger partial charge in [-0.2, -0.15) is 9.05 Å². The minimum Gasteiger partial charge on any atom is -0.181 e. The van der Waals surface area contributed by atoms with Crippen LogP contribution in [0.15, 0.2) is 60.7 Å². The zero-order valence-corrected chi connectivity index (χ0v) is 12.1. The molecule has 2 aliphatic rings. The van der Waals surface area contributed by atoms with Gasteiger partial charge in [0.15, 0.2) is 5.30 Å². The van der Waals surface area contributed by atoms with Crippen molar-refractivity contribution in [2.24, 2.45) is 0 Å². The normalized spacial score (nSPS) is 29.5. The monoisotopic (exact) mass is 286 g/mol. The fourth-order valence-electron chi connectivity index (χ4n) is 2.93. The van der Waals surface area contributed by atoms with E-state index >= 15 is 0 Å².